The average Bonchev–Trinajstić information content (AvgIpc) is 2.77. The van der Waals surface area contributed by atoms with Gasteiger partial charge in [-0.15, -0.1) is 0 Å². The molecule has 1 heterocycles. The monoisotopic (exact) mass is 402 g/mol. The second-order valence-corrected chi connectivity index (χ2v) is 6.29. The molecule has 0 unspecified atom stereocenters. The van der Waals surface area contributed by atoms with Crippen molar-refractivity contribution in [2.45, 2.75) is 6.61 Å². The molecule has 1 aliphatic rings. The highest BCUT2D eigenvalue weighted by Crippen LogP contribution is 2.32. The van der Waals surface area contributed by atoms with E-state index in [1.807, 2.05) is 4.90 Å². The summed E-state index contributed by atoms with van der Waals surface area (Å²) in [4.78, 5) is 25.4. The molecule has 29 heavy (non-hydrogen) atoms. The lowest BCUT2D eigenvalue weighted by molar-refractivity contribution is -0.384. The van der Waals surface area contributed by atoms with Crippen molar-refractivity contribution in [3.05, 3.63) is 57.6 Å². The normalized spacial score (nSPS) is 13.7. The van der Waals surface area contributed by atoms with E-state index in [0.29, 0.717) is 49.1 Å². The van der Waals surface area contributed by atoms with Gasteiger partial charge in [0.05, 0.1) is 43.6 Å². The van der Waals surface area contributed by atoms with Crippen molar-refractivity contribution in [2.24, 2.45) is 0 Å². The molecule has 154 valence electrons. The van der Waals surface area contributed by atoms with Crippen molar-refractivity contribution in [3.63, 3.8) is 0 Å². The van der Waals surface area contributed by atoms with Crippen LogP contribution in [0.15, 0.2) is 36.4 Å². The van der Waals surface area contributed by atoms with Crippen LogP contribution in [-0.4, -0.2) is 51.4 Å². The number of rotatable bonds is 7. The van der Waals surface area contributed by atoms with Crippen molar-refractivity contribution >= 4 is 17.3 Å². The van der Waals surface area contributed by atoms with E-state index in [0.717, 1.165) is 0 Å². The van der Waals surface area contributed by atoms with E-state index in [1.54, 1.807) is 24.3 Å². The zero-order valence-electron chi connectivity index (χ0n) is 16.3. The second kappa shape index (κ2) is 9.24. The van der Waals surface area contributed by atoms with Gasteiger partial charge in [-0.25, -0.2) is 4.79 Å². The molecule has 1 saturated heterocycles. The fourth-order valence-electron chi connectivity index (χ4n) is 3.17. The number of ether oxygens (including phenoxy) is 4. The lowest BCUT2D eigenvalue weighted by Crippen LogP contribution is -2.37. The third kappa shape index (κ3) is 4.57. The van der Waals surface area contributed by atoms with Gasteiger partial charge in [-0.3, -0.25) is 10.1 Å². The minimum atomic E-state index is -0.653. The number of para-hydroxylation sites is 1. The Morgan fingerprint density at radius 1 is 1.17 bits per heavy atom. The Morgan fingerprint density at radius 2 is 1.93 bits per heavy atom. The Kier molecular flexibility index (Phi) is 6.50. The van der Waals surface area contributed by atoms with Crippen LogP contribution < -0.4 is 14.4 Å². The molecule has 0 saturated carbocycles. The second-order valence-electron chi connectivity index (χ2n) is 6.29. The highest BCUT2D eigenvalue weighted by atomic mass is 16.6. The number of morpholine rings is 1. The highest BCUT2D eigenvalue weighted by Gasteiger charge is 2.23. The molecule has 0 amide bonds. The molecule has 0 aromatic heterocycles. The van der Waals surface area contributed by atoms with Crippen LogP contribution in [0.1, 0.15) is 15.9 Å². The van der Waals surface area contributed by atoms with Gasteiger partial charge in [-0.1, -0.05) is 12.1 Å². The van der Waals surface area contributed by atoms with Gasteiger partial charge in [0.25, 0.3) is 5.69 Å². The molecule has 0 N–H and O–H groups in total. The van der Waals surface area contributed by atoms with Gasteiger partial charge < -0.3 is 23.8 Å². The van der Waals surface area contributed by atoms with Crippen LogP contribution in [0.5, 0.6) is 11.5 Å². The predicted molar refractivity (Wildman–Crippen MR) is 105 cm³/mol. The number of esters is 1. The molecular formula is C20H22N2O7. The van der Waals surface area contributed by atoms with Crippen molar-refractivity contribution in [2.75, 3.05) is 45.4 Å². The van der Waals surface area contributed by atoms with E-state index in [-0.39, 0.29) is 17.9 Å². The maximum Gasteiger partial charge on any atom is 0.340 e. The standard InChI is InChI=1S/C20H22N2O7/c1-26-18-5-3-4-14(19(18)27-2)13-29-20(23)16-12-15(22(24)25)6-7-17(16)21-8-10-28-11-9-21/h3-7,12H,8-11,13H2,1-2H3. The first kappa shape index (κ1) is 20.4. The van der Waals surface area contributed by atoms with Gasteiger partial charge >= 0.3 is 5.97 Å². The average molecular weight is 402 g/mol. The van der Waals surface area contributed by atoms with E-state index >= 15 is 0 Å². The van der Waals surface area contributed by atoms with Crippen LogP contribution in [0.4, 0.5) is 11.4 Å². The summed E-state index contributed by atoms with van der Waals surface area (Å²) >= 11 is 0. The number of carbonyl (C=O) groups is 1. The molecule has 3 rings (SSSR count). The third-order valence-corrected chi connectivity index (χ3v) is 4.61. The van der Waals surface area contributed by atoms with Crippen molar-refractivity contribution in [3.8, 4) is 11.5 Å². The Hall–Kier alpha value is -3.33. The van der Waals surface area contributed by atoms with Crippen LogP contribution >= 0.6 is 0 Å². The zero-order chi connectivity index (χ0) is 20.8. The zero-order valence-corrected chi connectivity index (χ0v) is 16.3. The number of hydrogen-bond donors (Lipinski definition) is 0. The smallest absolute Gasteiger partial charge is 0.340 e. The molecular weight excluding hydrogens is 380 g/mol. The van der Waals surface area contributed by atoms with Crippen LogP contribution in [-0.2, 0) is 16.1 Å². The summed E-state index contributed by atoms with van der Waals surface area (Å²) in [7, 11) is 3.02. The summed E-state index contributed by atoms with van der Waals surface area (Å²) in [5, 5.41) is 11.2. The molecule has 1 fully saturated rings. The lowest BCUT2D eigenvalue weighted by atomic mass is 10.1. The van der Waals surface area contributed by atoms with Crippen LogP contribution in [0.2, 0.25) is 0 Å². The maximum atomic E-state index is 12.8. The molecule has 0 bridgehead atoms. The van der Waals surface area contributed by atoms with Crippen LogP contribution in [0.25, 0.3) is 0 Å². The number of nitro benzene ring substituents is 1. The largest absolute Gasteiger partial charge is 0.493 e. The predicted octanol–water partition coefficient (Wildman–Crippen LogP) is 2.81. The summed E-state index contributed by atoms with van der Waals surface area (Å²) in [6.45, 7) is 2.15. The molecule has 9 nitrogen and oxygen atoms in total. The topological polar surface area (TPSA) is 100 Å². The molecule has 2 aromatic rings. The molecule has 9 heteroatoms. The minimum Gasteiger partial charge on any atom is -0.493 e. The van der Waals surface area contributed by atoms with Crippen molar-refractivity contribution in [1.82, 2.24) is 0 Å². The quantitative estimate of drug-likeness (QED) is 0.396. The number of non-ortho nitro benzene ring substituents is 1. The van der Waals surface area contributed by atoms with Gasteiger partial charge in [0.1, 0.15) is 6.61 Å². The van der Waals surface area contributed by atoms with Crippen molar-refractivity contribution in [1.29, 1.82) is 0 Å². The van der Waals surface area contributed by atoms with E-state index in [1.165, 1.54) is 26.4 Å². The Labute approximate surface area is 167 Å². The summed E-state index contributed by atoms with van der Waals surface area (Å²) in [6, 6.07) is 9.46. The summed E-state index contributed by atoms with van der Waals surface area (Å²) < 4.78 is 21.4. The van der Waals surface area contributed by atoms with Crippen LogP contribution in [0.3, 0.4) is 0 Å². The third-order valence-electron chi connectivity index (χ3n) is 4.61. The number of nitro groups is 1. The fraction of sp³-hybridized carbons (Fsp3) is 0.350. The number of anilines is 1. The number of nitrogens with zero attached hydrogens (tertiary/aromatic N) is 2. The van der Waals surface area contributed by atoms with Gasteiger partial charge in [0.15, 0.2) is 11.5 Å². The lowest BCUT2D eigenvalue weighted by Gasteiger charge is -2.30. The Bertz CT molecular complexity index is 894. The van der Waals surface area contributed by atoms with Gasteiger partial charge in [-0.2, -0.15) is 0 Å². The van der Waals surface area contributed by atoms with Gasteiger partial charge in [0.2, 0.25) is 0 Å². The molecule has 0 atom stereocenters. The summed E-state index contributed by atoms with van der Waals surface area (Å²) in [5.74, 6) is 0.334. The Morgan fingerprint density at radius 3 is 2.59 bits per heavy atom. The van der Waals surface area contributed by atoms with Gasteiger partial charge in [0, 0.05) is 30.8 Å². The first-order valence-corrected chi connectivity index (χ1v) is 9.03. The number of carbonyl (C=O) groups excluding carboxylic acids is 1. The summed E-state index contributed by atoms with van der Waals surface area (Å²) in [6.07, 6.45) is 0. The van der Waals surface area contributed by atoms with Crippen molar-refractivity contribution < 1.29 is 28.7 Å². The maximum absolute atomic E-state index is 12.8. The Balaban J connectivity index is 1.86. The number of hydrogen-bond acceptors (Lipinski definition) is 8. The van der Waals surface area contributed by atoms with E-state index in [2.05, 4.69) is 0 Å². The first-order chi connectivity index (χ1) is 14.0. The first-order valence-electron chi connectivity index (χ1n) is 9.03. The molecule has 0 aliphatic carbocycles. The fourth-order valence-corrected chi connectivity index (χ4v) is 3.17. The molecule has 1 aliphatic heterocycles. The summed E-state index contributed by atoms with van der Waals surface area (Å²) in [5.41, 5.74) is 1.18. The molecule has 0 spiro atoms. The van der Waals surface area contributed by atoms with E-state index < -0.39 is 10.9 Å². The minimum absolute atomic E-state index is 0.0650. The SMILES string of the molecule is COc1cccc(COC(=O)c2cc([N+](=O)[O-])ccc2N2CCOCC2)c1OC. The van der Waals surface area contributed by atoms with Gasteiger partial charge in [-0.05, 0) is 12.1 Å². The number of benzene rings is 2. The van der Waals surface area contributed by atoms with Crippen LogP contribution in [0, 0.1) is 10.1 Å². The molecule has 2 aromatic carbocycles. The number of methoxy groups -OCH3 is 2. The van der Waals surface area contributed by atoms with E-state index in [9.17, 15) is 14.9 Å². The van der Waals surface area contributed by atoms with E-state index in [4.69, 9.17) is 18.9 Å². The molecule has 0 radical (unpaired) electrons. The highest BCUT2D eigenvalue weighted by molar-refractivity contribution is 5.96.